The molecule has 1 aromatic heterocycles. The summed E-state index contributed by atoms with van der Waals surface area (Å²) < 4.78 is 14.9. The summed E-state index contributed by atoms with van der Waals surface area (Å²) in [5.74, 6) is 1.00. The van der Waals surface area contributed by atoms with Gasteiger partial charge in [0, 0.05) is 23.4 Å². The lowest BCUT2D eigenvalue weighted by Gasteiger charge is -2.21. The number of nitrogens with zero attached hydrogens (tertiary/aromatic N) is 3. The summed E-state index contributed by atoms with van der Waals surface area (Å²) in [6, 6.07) is 12.9. The van der Waals surface area contributed by atoms with E-state index in [4.69, 9.17) is 11.6 Å². The van der Waals surface area contributed by atoms with E-state index in [1.807, 2.05) is 25.5 Å². The highest BCUT2D eigenvalue weighted by atomic mass is 35.5. The molecule has 3 aromatic rings. The van der Waals surface area contributed by atoms with Gasteiger partial charge < -0.3 is 9.88 Å². The molecule has 0 radical (unpaired) electrons. The van der Waals surface area contributed by atoms with Gasteiger partial charge in [0.1, 0.15) is 5.82 Å². The van der Waals surface area contributed by atoms with E-state index in [0.29, 0.717) is 22.2 Å². The Hall–Kier alpha value is -2.38. The molecule has 0 fully saturated rings. The zero-order valence-electron chi connectivity index (χ0n) is 16.4. The van der Waals surface area contributed by atoms with Crippen LogP contribution in [0.4, 0.5) is 4.39 Å². The molecule has 1 N–H and O–H groups in total. The Morgan fingerprint density at radius 3 is 2.41 bits per heavy atom. The Morgan fingerprint density at radius 1 is 1.14 bits per heavy atom. The number of rotatable bonds is 7. The molecule has 5 nitrogen and oxygen atoms in total. The van der Waals surface area contributed by atoms with Crippen LogP contribution in [-0.4, -0.2) is 20.7 Å². The number of nitrogens with one attached hydrogen (secondary N) is 1. The lowest BCUT2D eigenvalue weighted by atomic mass is 10.0. The predicted molar refractivity (Wildman–Crippen MR) is 113 cm³/mol. The number of thioether (sulfide) groups is 1. The highest BCUT2D eigenvalue weighted by molar-refractivity contribution is 7.98. The maximum absolute atomic E-state index is 13.1. The van der Waals surface area contributed by atoms with Gasteiger partial charge in [-0.05, 0) is 47.9 Å². The normalized spacial score (nSPS) is 12.2. The van der Waals surface area contributed by atoms with Gasteiger partial charge in [-0.3, -0.25) is 4.79 Å². The number of amides is 1. The van der Waals surface area contributed by atoms with Crippen molar-refractivity contribution in [2.75, 3.05) is 0 Å². The summed E-state index contributed by atoms with van der Waals surface area (Å²) in [6.45, 7) is 4.04. The zero-order valence-corrected chi connectivity index (χ0v) is 18.0. The topological polar surface area (TPSA) is 59.8 Å². The molecule has 2 aromatic carbocycles. The highest BCUT2D eigenvalue weighted by Gasteiger charge is 2.25. The number of carbonyl (C=O) groups excluding carboxylic acids is 1. The predicted octanol–water partition coefficient (Wildman–Crippen LogP) is 5.03. The zero-order chi connectivity index (χ0) is 21.0. The van der Waals surface area contributed by atoms with Crippen LogP contribution in [0.5, 0.6) is 0 Å². The third-order valence-electron chi connectivity index (χ3n) is 4.49. The van der Waals surface area contributed by atoms with Crippen LogP contribution in [0.15, 0.2) is 53.7 Å². The quantitative estimate of drug-likeness (QED) is 0.532. The van der Waals surface area contributed by atoms with E-state index in [1.165, 1.54) is 23.9 Å². The Labute approximate surface area is 178 Å². The van der Waals surface area contributed by atoms with E-state index in [9.17, 15) is 9.18 Å². The van der Waals surface area contributed by atoms with E-state index in [1.54, 1.807) is 36.4 Å². The molecule has 1 atom stereocenters. The van der Waals surface area contributed by atoms with Crippen LogP contribution in [0.1, 0.15) is 41.6 Å². The summed E-state index contributed by atoms with van der Waals surface area (Å²) >= 11 is 7.41. The molecule has 0 aliphatic heterocycles. The van der Waals surface area contributed by atoms with Crippen molar-refractivity contribution in [3.05, 3.63) is 76.3 Å². The SMILES string of the molecule is CC(C)[C@H](NC(=O)c1ccc(Cl)cc1)c1nnc(SCc2ccc(F)cc2)n1C. The molecular weight excluding hydrogens is 411 g/mol. The summed E-state index contributed by atoms with van der Waals surface area (Å²) in [4.78, 5) is 12.7. The van der Waals surface area contributed by atoms with Crippen molar-refractivity contribution in [3.8, 4) is 0 Å². The molecule has 0 aliphatic rings. The monoisotopic (exact) mass is 432 g/mol. The van der Waals surface area contributed by atoms with Crippen LogP contribution < -0.4 is 5.32 Å². The second-order valence-corrected chi connectivity index (χ2v) is 8.40. The van der Waals surface area contributed by atoms with Crippen LogP contribution in [0.2, 0.25) is 5.02 Å². The summed E-state index contributed by atoms with van der Waals surface area (Å²) in [5.41, 5.74) is 1.53. The molecule has 3 rings (SSSR count). The van der Waals surface area contributed by atoms with Gasteiger partial charge in [0.25, 0.3) is 5.91 Å². The van der Waals surface area contributed by atoms with Gasteiger partial charge >= 0.3 is 0 Å². The average Bonchev–Trinajstić information content (AvgIpc) is 3.06. The average molecular weight is 433 g/mol. The Kier molecular flexibility index (Phi) is 6.92. The van der Waals surface area contributed by atoms with Gasteiger partial charge in [-0.1, -0.05) is 49.3 Å². The molecule has 152 valence electrons. The standard InChI is InChI=1S/C21H22ClFN4OS/c1-13(2)18(24-20(28)15-6-8-16(22)9-7-15)19-25-26-21(27(19)3)29-12-14-4-10-17(23)11-5-14/h4-11,13,18H,12H2,1-3H3,(H,24,28)/t18-/m0/s1. The van der Waals surface area contributed by atoms with E-state index in [2.05, 4.69) is 15.5 Å². The third kappa shape index (κ3) is 5.36. The van der Waals surface area contributed by atoms with Crippen LogP contribution in [0.25, 0.3) is 0 Å². The number of hydrogen-bond donors (Lipinski definition) is 1. The van der Waals surface area contributed by atoms with Crippen LogP contribution in [-0.2, 0) is 12.8 Å². The number of carbonyl (C=O) groups is 1. The van der Waals surface area contributed by atoms with E-state index in [-0.39, 0.29) is 23.7 Å². The third-order valence-corrected chi connectivity index (χ3v) is 5.83. The van der Waals surface area contributed by atoms with Crippen molar-refractivity contribution in [3.63, 3.8) is 0 Å². The van der Waals surface area contributed by atoms with E-state index < -0.39 is 0 Å². The molecule has 1 heterocycles. The van der Waals surface area contributed by atoms with E-state index in [0.717, 1.165) is 10.7 Å². The van der Waals surface area contributed by atoms with Gasteiger partial charge in [0.2, 0.25) is 0 Å². The molecule has 0 unspecified atom stereocenters. The number of aromatic nitrogens is 3. The molecule has 8 heteroatoms. The Morgan fingerprint density at radius 2 is 1.79 bits per heavy atom. The van der Waals surface area contributed by atoms with E-state index >= 15 is 0 Å². The fourth-order valence-electron chi connectivity index (χ4n) is 2.81. The minimum absolute atomic E-state index is 0.115. The van der Waals surface area contributed by atoms with Crippen LogP contribution in [0.3, 0.4) is 0 Å². The first-order chi connectivity index (χ1) is 13.8. The van der Waals surface area contributed by atoms with Gasteiger partial charge in [-0.25, -0.2) is 4.39 Å². The smallest absolute Gasteiger partial charge is 0.251 e. The second-order valence-electron chi connectivity index (χ2n) is 7.02. The maximum Gasteiger partial charge on any atom is 0.251 e. The number of benzene rings is 2. The molecule has 0 bridgehead atoms. The van der Waals surface area contributed by atoms with Gasteiger partial charge in [-0.15, -0.1) is 10.2 Å². The fourth-order valence-corrected chi connectivity index (χ4v) is 3.81. The molecule has 1 amide bonds. The molecule has 0 saturated carbocycles. The van der Waals surface area contributed by atoms with Gasteiger partial charge in [0.15, 0.2) is 11.0 Å². The highest BCUT2D eigenvalue weighted by Crippen LogP contribution is 2.26. The fraction of sp³-hybridized carbons (Fsp3) is 0.286. The maximum atomic E-state index is 13.1. The Bertz CT molecular complexity index is 973. The largest absolute Gasteiger partial charge is 0.342 e. The minimum Gasteiger partial charge on any atom is -0.342 e. The number of hydrogen-bond acceptors (Lipinski definition) is 4. The van der Waals surface area contributed by atoms with Crippen molar-refractivity contribution in [2.45, 2.75) is 30.8 Å². The lowest BCUT2D eigenvalue weighted by molar-refractivity contribution is 0.0922. The Balaban J connectivity index is 1.73. The lowest BCUT2D eigenvalue weighted by Crippen LogP contribution is -2.33. The molecule has 29 heavy (non-hydrogen) atoms. The molecule has 0 saturated heterocycles. The molecule has 0 spiro atoms. The summed E-state index contributed by atoms with van der Waals surface area (Å²) in [7, 11) is 1.88. The summed E-state index contributed by atoms with van der Waals surface area (Å²) in [6.07, 6.45) is 0. The van der Waals surface area contributed by atoms with Crippen molar-refractivity contribution in [2.24, 2.45) is 13.0 Å². The number of halogens is 2. The van der Waals surface area contributed by atoms with Crippen molar-refractivity contribution >= 4 is 29.3 Å². The molecule has 0 aliphatic carbocycles. The minimum atomic E-state index is -0.296. The first kappa shape index (κ1) is 21.3. The second kappa shape index (κ2) is 9.41. The van der Waals surface area contributed by atoms with Crippen molar-refractivity contribution < 1.29 is 9.18 Å². The summed E-state index contributed by atoms with van der Waals surface area (Å²) in [5, 5.41) is 13.0. The van der Waals surface area contributed by atoms with Crippen LogP contribution >= 0.6 is 23.4 Å². The van der Waals surface area contributed by atoms with Crippen molar-refractivity contribution in [1.82, 2.24) is 20.1 Å². The van der Waals surface area contributed by atoms with Gasteiger partial charge in [0.05, 0.1) is 6.04 Å². The first-order valence-corrected chi connectivity index (χ1v) is 10.5. The van der Waals surface area contributed by atoms with Crippen LogP contribution in [0, 0.1) is 11.7 Å². The first-order valence-electron chi connectivity index (χ1n) is 9.18. The van der Waals surface area contributed by atoms with Gasteiger partial charge in [-0.2, -0.15) is 0 Å². The molecular formula is C21H22ClFN4OS. The van der Waals surface area contributed by atoms with Crippen molar-refractivity contribution in [1.29, 1.82) is 0 Å².